The van der Waals surface area contributed by atoms with Gasteiger partial charge in [0.05, 0.1) is 5.56 Å². The van der Waals surface area contributed by atoms with Crippen LogP contribution in [0.4, 0.5) is 18.9 Å². The number of nitrogens with one attached hydrogen (secondary N) is 1. The van der Waals surface area contributed by atoms with Crippen LogP contribution >= 0.6 is 0 Å². The second kappa shape index (κ2) is 3.57. The van der Waals surface area contributed by atoms with Crippen LogP contribution in [0.1, 0.15) is 10.4 Å². The quantitative estimate of drug-likeness (QED) is 0.530. The van der Waals surface area contributed by atoms with Crippen molar-refractivity contribution in [2.75, 3.05) is 12.8 Å². The molecule has 0 radical (unpaired) electrons. The van der Waals surface area contributed by atoms with Crippen molar-refractivity contribution in [3.63, 3.8) is 0 Å². The highest BCUT2D eigenvalue weighted by atomic mass is 19.2. The number of halogens is 3. The second-order valence-electron chi connectivity index (χ2n) is 2.53. The van der Waals surface area contributed by atoms with Crippen LogP contribution in [0.3, 0.4) is 0 Å². The van der Waals surface area contributed by atoms with Crippen molar-refractivity contribution in [1.29, 1.82) is 0 Å². The molecule has 3 N–H and O–H groups in total. The molecule has 1 rings (SSSR count). The first-order chi connectivity index (χ1) is 6.49. The van der Waals surface area contributed by atoms with Crippen molar-refractivity contribution in [2.24, 2.45) is 0 Å². The van der Waals surface area contributed by atoms with E-state index in [9.17, 15) is 18.0 Å². The van der Waals surface area contributed by atoms with E-state index in [1.54, 1.807) is 0 Å². The lowest BCUT2D eigenvalue weighted by Crippen LogP contribution is -2.20. The summed E-state index contributed by atoms with van der Waals surface area (Å²) in [6, 6.07) is 0.548. The molecule has 0 saturated heterocycles. The number of hydrogen-bond donors (Lipinski definition) is 2. The van der Waals surface area contributed by atoms with Gasteiger partial charge in [0, 0.05) is 7.05 Å². The molecule has 0 saturated carbocycles. The minimum absolute atomic E-state index is 0.548. The predicted octanol–water partition coefficient (Wildman–Crippen LogP) is 1.05. The number of rotatable bonds is 1. The summed E-state index contributed by atoms with van der Waals surface area (Å²) in [6.07, 6.45) is 0. The molecule has 0 aliphatic rings. The van der Waals surface area contributed by atoms with Gasteiger partial charge < -0.3 is 11.1 Å². The molecule has 0 aliphatic heterocycles. The zero-order valence-corrected chi connectivity index (χ0v) is 7.20. The van der Waals surface area contributed by atoms with Crippen LogP contribution in [0.15, 0.2) is 6.07 Å². The molecule has 6 heteroatoms. The topological polar surface area (TPSA) is 55.1 Å². The third kappa shape index (κ3) is 1.50. The Bertz CT molecular complexity index is 393. The largest absolute Gasteiger partial charge is 0.394 e. The van der Waals surface area contributed by atoms with Gasteiger partial charge in [-0.2, -0.15) is 0 Å². The summed E-state index contributed by atoms with van der Waals surface area (Å²) in [5, 5.41) is 2.04. The number of carbonyl (C=O) groups excluding carboxylic acids is 1. The fourth-order valence-electron chi connectivity index (χ4n) is 0.909. The van der Waals surface area contributed by atoms with Gasteiger partial charge in [-0.05, 0) is 6.07 Å². The average molecular weight is 204 g/mol. The third-order valence-corrected chi connectivity index (χ3v) is 1.67. The predicted molar refractivity (Wildman–Crippen MR) is 44.1 cm³/mol. The number of carbonyl (C=O) groups is 1. The Morgan fingerprint density at radius 1 is 1.36 bits per heavy atom. The van der Waals surface area contributed by atoms with Crippen molar-refractivity contribution in [2.45, 2.75) is 0 Å². The zero-order valence-electron chi connectivity index (χ0n) is 7.20. The Labute approximate surface area is 77.7 Å². The SMILES string of the molecule is CNC(=O)c1cc(F)c(N)c(F)c1F. The van der Waals surface area contributed by atoms with E-state index >= 15 is 0 Å². The molecule has 0 atom stereocenters. The molecule has 0 bridgehead atoms. The van der Waals surface area contributed by atoms with Gasteiger partial charge in [0.2, 0.25) is 0 Å². The summed E-state index contributed by atoms with van der Waals surface area (Å²) in [4.78, 5) is 10.9. The Kier molecular flexibility index (Phi) is 2.64. The van der Waals surface area contributed by atoms with E-state index in [4.69, 9.17) is 5.73 Å². The van der Waals surface area contributed by atoms with Crippen molar-refractivity contribution in [3.8, 4) is 0 Å². The van der Waals surface area contributed by atoms with Crippen molar-refractivity contribution < 1.29 is 18.0 Å². The number of amides is 1. The number of nitrogen functional groups attached to an aromatic ring is 1. The number of nitrogens with two attached hydrogens (primary N) is 1. The highest BCUT2D eigenvalue weighted by Crippen LogP contribution is 2.21. The first-order valence-corrected chi connectivity index (χ1v) is 3.64. The first-order valence-electron chi connectivity index (χ1n) is 3.64. The van der Waals surface area contributed by atoms with E-state index in [2.05, 4.69) is 0 Å². The van der Waals surface area contributed by atoms with Crippen molar-refractivity contribution >= 4 is 11.6 Å². The molecule has 0 spiro atoms. The third-order valence-electron chi connectivity index (χ3n) is 1.67. The monoisotopic (exact) mass is 204 g/mol. The van der Waals surface area contributed by atoms with Gasteiger partial charge in [-0.25, -0.2) is 13.2 Å². The van der Waals surface area contributed by atoms with Gasteiger partial charge in [-0.1, -0.05) is 0 Å². The van der Waals surface area contributed by atoms with E-state index in [-0.39, 0.29) is 0 Å². The van der Waals surface area contributed by atoms with E-state index in [1.165, 1.54) is 7.05 Å². The van der Waals surface area contributed by atoms with Crippen LogP contribution < -0.4 is 11.1 Å². The van der Waals surface area contributed by atoms with E-state index in [0.29, 0.717) is 6.07 Å². The standard InChI is InChI=1S/C8H7F3N2O/c1-13-8(14)3-2-4(9)7(12)6(11)5(3)10/h2H,12H2,1H3,(H,13,14). The minimum atomic E-state index is -1.55. The molecule has 0 heterocycles. The summed E-state index contributed by atoms with van der Waals surface area (Å²) in [5.74, 6) is -5.09. The second-order valence-corrected chi connectivity index (χ2v) is 2.53. The van der Waals surface area contributed by atoms with Crippen LogP contribution in [0.2, 0.25) is 0 Å². The van der Waals surface area contributed by atoms with Crippen LogP contribution in [0.25, 0.3) is 0 Å². The highest BCUT2D eigenvalue weighted by Gasteiger charge is 2.20. The van der Waals surface area contributed by atoms with Crippen molar-refractivity contribution in [3.05, 3.63) is 29.1 Å². The smallest absolute Gasteiger partial charge is 0.254 e. The minimum Gasteiger partial charge on any atom is -0.394 e. The van der Waals surface area contributed by atoms with E-state index in [1.807, 2.05) is 5.32 Å². The normalized spacial score (nSPS) is 10.0. The van der Waals surface area contributed by atoms with Gasteiger partial charge in [-0.3, -0.25) is 4.79 Å². The van der Waals surface area contributed by atoms with Crippen molar-refractivity contribution in [1.82, 2.24) is 5.32 Å². The maximum absolute atomic E-state index is 13.0. The molecule has 1 aromatic rings. The maximum atomic E-state index is 13.0. The molecule has 0 unspecified atom stereocenters. The molecule has 1 aromatic carbocycles. The molecular weight excluding hydrogens is 197 g/mol. The number of hydrogen-bond acceptors (Lipinski definition) is 2. The lowest BCUT2D eigenvalue weighted by molar-refractivity contribution is 0.0957. The number of benzene rings is 1. The highest BCUT2D eigenvalue weighted by molar-refractivity contribution is 5.94. The lowest BCUT2D eigenvalue weighted by atomic mass is 10.1. The lowest BCUT2D eigenvalue weighted by Gasteiger charge is -2.05. The Hall–Kier alpha value is -1.72. The van der Waals surface area contributed by atoms with Crippen LogP contribution in [0.5, 0.6) is 0 Å². The van der Waals surface area contributed by atoms with Crippen LogP contribution in [0, 0.1) is 17.5 Å². The molecule has 1 amide bonds. The fourth-order valence-corrected chi connectivity index (χ4v) is 0.909. The molecular formula is C8H7F3N2O. The fraction of sp³-hybridized carbons (Fsp3) is 0.125. The van der Waals surface area contributed by atoms with Gasteiger partial charge in [-0.15, -0.1) is 0 Å². The summed E-state index contributed by atoms with van der Waals surface area (Å²) in [5.41, 5.74) is 3.23. The van der Waals surface area contributed by atoms with E-state index in [0.717, 1.165) is 0 Å². The Morgan fingerprint density at radius 2 is 1.93 bits per heavy atom. The molecule has 76 valence electrons. The molecule has 0 aliphatic carbocycles. The van der Waals surface area contributed by atoms with Crippen LogP contribution in [-0.2, 0) is 0 Å². The van der Waals surface area contributed by atoms with Gasteiger partial charge in [0.1, 0.15) is 11.5 Å². The molecule has 3 nitrogen and oxygen atoms in total. The molecule has 14 heavy (non-hydrogen) atoms. The van der Waals surface area contributed by atoms with E-state index < -0.39 is 34.6 Å². The summed E-state index contributed by atoms with van der Waals surface area (Å²) < 4.78 is 38.6. The zero-order chi connectivity index (χ0) is 10.9. The maximum Gasteiger partial charge on any atom is 0.254 e. The van der Waals surface area contributed by atoms with Gasteiger partial charge in [0.15, 0.2) is 11.6 Å². The van der Waals surface area contributed by atoms with Gasteiger partial charge >= 0.3 is 0 Å². The Morgan fingerprint density at radius 3 is 2.43 bits per heavy atom. The number of anilines is 1. The summed E-state index contributed by atoms with van der Waals surface area (Å²) in [6.45, 7) is 0. The molecule has 0 fully saturated rings. The average Bonchev–Trinajstić information content (AvgIpc) is 2.19. The van der Waals surface area contributed by atoms with Gasteiger partial charge in [0.25, 0.3) is 5.91 Å². The first kappa shape index (κ1) is 10.4. The molecule has 0 aromatic heterocycles. The summed E-state index contributed by atoms with van der Waals surface area (Å²) in [7, 11) is 1.22. The van der Waals surface area contributed by atoms with Crippen LogP contribution in [-0.4, -0.2) is 13.0 Å². The summed E-state index contributed by atoms with van der Waals surface area (Å²) >= 11 is 0. The Balaban J connectivity index is 3.40.